The van der Waals surface area contributed by atoms with Gasteiger partial charge in [0.25, 0.3) is 0 Å². The maximum Gasteiger partial charge on any atom is 0.226 e. The lowest BCUT2D eigenvalue weighted by molar-refractivity contribution is -0.129. The summed E-state index contributed by atoms with van der Waals surface area (Å²) >= 11 is 0. The van der Waals surface area contributed by atoms with Crippen molar-refractivity contribution in [1.82, 2.24) is 9.80 Å². The Morgan fingerprint density at radius 2 is 2.00 bits per heavy atom. The van der Waals surface area contributed by atoms with E-state index in [1.165, 1.54) is 5.56 Å². The first kappa shape index (κ1) is 18.7. The van der Waals surface area contributed by atoms with Crippen molar-refractivity contribution in [1.29, 1.82) is 0 Å². The highest BCUT2D eigenvalue weighted by atomic mass is 16.5. The Morgan fingerprint density at radius 1 is 1.19 bits per heavy atom. The molecule has 4 nitrogen and oxygen atoms in total. The summed E-state index contributed by atoms with van der Waals surface area (Å²) in [6, 6.07) is 10.6. The van der Waals surface area contributed by atoms with Crippen LogP contribution in [0.4, 0.5) is 0 Å². The number of hydrogen-bond acceptors (Lipinski definition) is 3. The third-order valence-electron chi connectivity index (χ3n) is 4.92. The maximum atomic E-state index is 12.5. The number of unbranched alkanes of at least 4 members (excludes halogenated alkanes) is 2. The lowest BCUT2D eigenvalue weighted by Gasteiger charge is -2.27. The van der Waals surface area contributed by atoms with Crippen LogP contribution in [0.25, 0.3) is 0 Å². The standard InChI is InChI=1S/C22H30N2O2/c1-23(2)17-20-15-19-16-24(14-13-21(19)26-20)22(25)12-8-4-7-11-18-9-5-3-6-10-18/h3,5-6,9-10,15-16,21H,4,7-8,11-14,17H2,1-2H3. The minimum Gasteiger partial charge on any atom is -0.489 e. The van der Waals surface area contributed by atoms with Crippen LogP contribution in [-0.4, -0.2) is 49.0 Å². The molecule has 0 spiro atoms. The Balaban J connectivity index is 1.41. The third kappa shape index (κ3) is 5.21. The normalized spacial score (nSPS) is 19.0. The summed E-state index contributed by atoms with van der Waals surface area (Å²) in [5.74, 6) is 1.24. The molecule has 0 aromatic heterocycles. The summed E-state index contributed by atoms with van der Waals surface area (Å²) in [6.45, 7) is 1.57. The number of hydrogen-bond donors (Lipinski definition) is 0. The molecule has 1 unspecified atom stereocenters. The molecule has 2 aliphatic rings. The molecule has 0 radical (unpaired) electrons. The maximum absolute atomic E-state index is 12.5. The second-order valence-electron chi connectivity index (χ2n) is 7.51. The number of carbonyl (C=O) groups excluding carboxylic acids is 1. The fourth-order valence-electron chi connectivity index (χ4n) is 3.57. The number of benzene rings is 1. The number of ether oxygens (including phenoxy) is 1. The summed E-state index contributed by atoms with van der Waals surface area (Å²) in [6.07, 6.45) is 10.1. The van der Waals surface area contributed by atoms with E-state index in [2.05, 4.69) is 35.2 Å². The number of nitrogens with zero attached hydrogens (tertiary/aromatic N) is 2. The van der Waals surface area contributed by atoms with Crippen LogP contribution < -0.4 is 0 Å². The number of likely N-dealkylation sites (N-methyl/N-ethyl adjacent to an activating group) is 1. The van der Waals surface area contributed by atoms with Crippen LogP contribution in [0.15, 0.2) is 53.9 Å². The van der Waals surface area contributed by atoms with E-state index in [9.17, 15) is 4.79 Å². The smallest absolute Gasteiger partial charge is 0.226 e. The molecule has 0 fully saturated rings. The Hall–Kier alpha value is -2.07. The largest absolute Gasteiger partial charge is 0.489 e. The van der Waals surface area contributed by atoms with Crippen molar-refractivity contribution in [3.8, 4) is 0 Å². The van der Waals surface area contributed by atoms with E-state index in [0.717, 1.165) is 56.5 Å². The SMILES string of the molecule is CN(C)CC1=CC2=CN(C(=O)CCCCCc3ccccc3)CCC2O1. The van der Waals surface area contributed by atoms with Crippen molar-refractivity contribution in [3.05, 3.63) is 59.5 Å². The van der Waals surface area contributed by atoms with Crippen molar-refractivity contribution in [2.45, 2.75) is 44.6 Å². The molecule has 26 heavy (non-hydrogen) atoms. The monoisotopic (exact) mass is 354 g/mol. The highest BCUT2D eigenvalue weighted by Gasteiger charge is 2.29. The van der Waals surface area contributed by atoms with Gasteiger partial charge in [-0.15, -0.1) is 0 Å². The van der Waals surface area contributed by atoms with Crippen LogP contribution in [0.2, 0.25) is 0 Å². The molecule has 0 saturated carbocycles. The van der Waals surface area contributed by atoms with Crippen molar-refractivity contribution in [2.24, 2.45) is 0 Å². The van der Waals surface area contributed by atoms with Gasteiger partial charge in [0, 0.05) is 31.2 Å². The highest BCUT2D eigenvalue weighted by Crippen LogP contribution is 2.29. The molecule has 1 aromatic carbocycles. The summed E-state index contributed by atoms with van der Waals surface area (Å²) < 4.78 is 5.97. The fourth-order valence-corrected chi connectivity index (χ4v) is 3.57. The quantitative estimate of drug-likeness (QED) is 0.667. The van der Waals surface area contributed by atoms with E-state index in [1.807, 2.05) is 31.3 Å². The summed E-state index contributed by atoms with van der Waals surface area (Å²) in [5.41, 5.74) is 2.53. The van der Waals surface area contributed by atoms with E-state index >= 15 is 0 Å². The van der Waals surface area contributed by atoms with Gasteiger partial charge >= 0.3 is 0 Å². The molecule has 2 heterocycles. The van der Waals surface area contributed by atoms with E-state index in [-0.39, 0.29) is 12.0 Å². The van der Waals surface area contributed by atoms with Gasteiger partial charge < -0.3 is 14.5 Å². The molecule has 1 aromatic rings. The molecule has 1 atom stereocenters. The number of rotatable bonds is 8. The predicted molar refractivity (Wildman–Crippen MR) is 105 cm³/mol. The second kappa shape index (κ2) is 9.04. The van der Waals surface area contributed by atoms with Crippen molar-refractivity contribution in [2.75, 3.05) is 27.2 Å². The first-order valence-electron chi connectivity index (χ1n) is 9.69. The molecule has 0 saturated heterocycles. The van der Waals surface area contributed by atoms with E-state index < -0.39 is 0 Å². The van der Waals surface area contributed by atoms with Gasteiger partial charge in [-0.25, -0.2) is 0 Å². The first-order valence-corrected chi connectivity index (χ1v) is 9.69. The van der Waals surface area contributed by atoms with Crippen LogP contribution in [0.1, 0.15) is 37.7 Å². The minimum absolute atomic E-state index is 0.139. The van der Waals surface area contributed by atoms with Gasteiger partial charge in [0.05, 0.1) is 6.54 Å². The van der Waals surface area contributed by atoms with Gasteiger partial charge in [-0.2, -0.15) is 0 Å². The van der Waals surface area contributed by atoms with Gasteiger partial charge in [0.2, 0.25) is 5.91 Å². The number of amides is 1. The van der Waals surface area contributed by atoms with E-state index in [4.69, 9.17) is 4.74 Å². The number of aryl methyl sites for hydroxylation is 1. The predicted octanol–water partition coefficient (Wildman–Crippen LogP) is 3.75. The Kier molecular flexibility index (Phi) is 6.51. The van der Waals surface area contributed by atoms with Crippen LogP contribution in [0, 0.1) is 0 Å². The topological polar surface area (TPSA) is 32.8 Å². The van der Waals surface area contributed by atoms with Gasteiger partial charge in [0.1, 0.15) is 11.9 Å². The van der Waals surface area contributed by atoms with Gasteiger partial charge in [-0.3, -0.25) is 4.79 Å². The third-order valence-corrected chi connectivity index (χ3v) is 4.92. The fraction of sp³-hybridized carbons (Fsp3) is 0.500. The Bertz CT molecular complexity index is 664. The molecule has 0 bridgehead atoms. The summed E-state index contributed by atoms with van der Waals surface area (Å²) in [5, 5.41) is 0. The molecule has 2 aliphatic heterocycles. The van der Waals surface area contributed by atoms with Crippen LogP contribution in [0.5, 0.6) is 0 Å². The average molecular weight is 354 g/mol. The molecular formula is C22H30N2O2. The molecule has 4 heteroatoms. The van der Waals surface area contributed by atoms with Crippen LogP contribution >= 0.6 is 0 Å². The second-order valence-corrected chi connectivity index (χ2v) is 7.51. The van der Waals surface area contributed by atoms with Gasteiger partial charge in [0.15, 0.2) is 0 Å². The summed E-state index contributed by atoms with van der Waals surface area (Å²) in [7, 11) is 4.07. The highest BCUT2D eigenvalue weighted by molar-refractivity contribution is 5.77. The van der Waals surface area contributed by atoms with Crippen molar-refractivity contribution >= 4 is 5.91 Å². The average Bonchev–Trinajstić information content (AvgIpc) is 3.02. The lowest BCUT2D eigenvalue weighted by Crippen LogP contribution is -2.34. The molecule has 0 aliphatic carbocycles. The zero-order valence-corrected chi connectivity index (χ0v) is 16.0. The van der Waals surface area contributed by atoms with Crippen molar-refractivity contribution < 1.29 is 9.53 Å². The zero-order chi connectivity index (χ0) is 18.4. The van der Waals surface area contributed by atoms with Crippen LogP contribution in [-0.2, 0) is 16.0 Å². The van der Waals surface area contributed by atoms with Crippen molar-refractivity contribution in [3.63, 3.8) is 0 Å². The summed E-state index contributed by atoms with van der Waals surface area (Å²) in [4.78, 5) is 16.5. The Labute approximate surface area is 157 Å². The minimum atomic E-state index is 0.139. The first-order chi connectivity index (χ1) is 12.6. The number of fused-ring (bicyclic) bond motifs is 1. The van der Waals surface area contributed by atoms with Crippen LogP contribution in [0.3, 0.4) is 0 Å². The molecule has 0 N–H and O–H groups in total. The Morgan fingerprint density at radius 3 is 2.77 bits per heavy atom. The number of carbonyl (C=O) groups is 1. The molecule has 3 rings (SSSR count). The van der Waals surface area contributed by atoms with Gasteiger partial charge in [-0.1, -0.05) is 36.8 Å². The lowest BCUT2D eigenvalue weighted by atomic mass is 10.0. The molecule has 1 amide bonds. The molecular weight excluding hydrogens is 324 g/mol. The van der Waals surface area contributed by atoms with E-state index in [0.29, 0.717) is 6.42 Å². The van der Waals surface area contributed by atoms with Gasteiger partial charge in [-0.05, 0) is 45.0 Å². The van der Waals surface area contributed by atoms with E-state index in [1.54, 1.807) is 0 Å². The molecule has 140 valence electrons. The zero-order valence-electron chi connectivity index (χ0n) is 16.0.